The summed E-state index contributed by atoms with van der Waals surface area (Å²) >= 11 is 0. The smallest absolute Gasteiger partial charge is 0.0990 e. The van der Waals surface area contributed by atoms with Gasteiger partial charge in [-0.2, -0.15) is 0 Å². The number of rotatable bonds is 5. The average molecular weight is 213 g/mol. The van der Waals surface area contributed by atoms with E-state index in [4.69, 9.17) is 9.47 Å². The lowest BCUT2D eigenvalue weighted by Crippen LogP contribution is -2.39. The highest BCUT2D eigenvalue weighted by Crippen LogP contribution is 2.46. The molecule has 0 bridgehead atoms. The number of hydrogen-bond acceptors (Lipinski definition) is 3. The van der Waals surface area contributed by atoms with Gasteiger partial charge in [-0.1, -0.05) is 0 Å². The van der Waals surface area contributed by atoms with E-state index in [1.807, 2.05) is 0 Å². The Bertz CT molecular complexity index is 196. The van der Waals surface area contributed by atoms with Crippen LogP contribution in [0.5, 0.6) is 0 Å². The minimum atomic E-state index is 0.361. The summed E-state index contributed by atoms with van der Waals surface area (Å²) in [5, 5.41) is 0. The van der Waals surface area contributed by atoms with Gasteiger partial charge in [0.15, 0.2) is 0 Å². The molecule has 1 heterocycles. The molecule has 0 spiro atoms. The maximum Gasteiger partial charge on any atom is 0.0990 e. The summed E-state index contributed by atoms with van der Waals surface area (Å²) in [6.07, 6.45) is 4.20. The van der Waals surface area contributed by atoms with Crippen molar-refractivity contribution < 1.29 is 9.47 Å². The zero-order valence-corrected chi connectivity index (χ0v) is 10.00. The quantitative estimate of drug-likeness (QED) is 0.696. The highest BCUT2D eigenvalue weighted by Gasteiger charge is 2.44. The molecule has 2 fully saturated rings. The SMILES string of the molecule is CC(C)OCC1(CN2CCCOC2)CC1. The van der Waals surface area contributed by atoms with Crippen LogP contribution in [0.1, 0.15) is 33.1 Å². The van der Waals surface area contributed by atoms with E-state index in [0.717, 1.165) is 19.9 Å². The molecule has 0 unspecified atom stereocenters. The lowest BCUT2D eigenvalue weighted by molar-refractivity contribution is -0.0369. The fourth-order valence-electron chi connectivity index (χ4n) is 2.12. The van der Waals surface area contributed by atoms with Crippen molar-refractivity contribution in [1.82, 2.24) is 4.90 Å². The fraction of sp³-hybridized carbons (Fsp3) is 1.00. The number of hydrogen-bond donors (Lipinski definition) is 0. The van der Waals surface area contributed by atoms with E-state index in [9.17, 15) is 0 Å². The van der Waals surface area contributed by atoms with Crippen molar-refractivity contribution in [2.75, 3.05) is 33.0 Å². The number of ether oxygens (including phenoxy) is 2. The van der Waals surface area contributed by atoms with Crippen LogP contribution in [0, 0.1) is 5.41 Å². The molecule has 15 heavy (non-hydrogen) atoms. The third-order valence-electron chi connectivity index (χ3n) is 3.28. The van der Waals surface area contributed by atoms with Gasteiger partial charge < -0.3 is 9.47 Å². The molecule has 2 rings (SSSR count). The third kappa shape index (κ3) is 3.44. The van der Waals surface area contributed by atoms with Gasteiger partial charge in [0.1, 0.15) is 0 Å². The summed E-state index contributed by atoms with van der Waals surface area (Å²) in [7, 11) is 0. The molecule has 0 aromatic rings. The zero-order chi connectivity index (χ0) is 10.7. The first-order valence-corrected chi connectivity index (χ1v) is 6.12. The van der Waals surface area contributed by atoms with Crippen LogP contribution in [0.2, 0.25) is 0 Å². The van der Waals surface area contributed by atoms with Crippen LogP contribution in [-0.2, 0) is 9.47 Å². The fourth-order valence-corrected chi connectivity index (χ4v) is 2.12. The molecule has 0 atom stereocenters. The molecule has 88 valence electrons. The number of nitrogens with zero attached hydrogens (tertiary/aromatic N) is 1. The Morgan fingerprint density at radius 3 is 2.73 bits per heavy atom. The predicted octanol–water partition coefficient (Wildman–Crippen LogP) is 1.87. The van der Waals surface area contributed by atoms with Crippen molar-refractivity contribution in [3.05, 3.63) is 0 Å². The first-order chi connectivity index (χ1) is 7.20. The van der Waals surface area contributed by atoms with E-state index in [-0.39, 0.29) is 0 Å². The predicted molar refractivity (Wildman–Crippen MR) is 59.8 cm³/mol. The van der Waals surface area contributed by atoms with E-state index in [0.29, 0.717) is 11.5 Å². The molecular weight excluding hydrogens is 190 g/mol. The zero-order valence-electron chi connectivity index (χ0n) is 10.00. The second-order valence-corrected chi connectivity index (χ2v) is 5.30. The average Bonchev–Trinajstić information content (AvgIpc) is 2.97. The van der Waals surface area contributed by atoms with Gasteiger partial charge in [0, 0.05) is 25.1 Å². The highest BCUT2D eigenvalue weighted by molar-refractivity contribution is 4.95. The van der Waals surface area contributed by atoms with Gasteiger partial charge in [-0.05, 0) is 33.1 Å². The molecule has 0 radical (unpaired) electrons. The lowest BCUT2D eigenvalue weighted by atomic mass is 10.1. The van der Waals surface area contributed by atoms with Crippen LogP contribution in [0.4, 0.5) is 0 Å². The molecule has 1 saturated heterocycles. The largest absolute Gasteiger partial charge is 0.378 e. The van der Waals surface area contributed by atoms with Crippen molar-refractivity contribution >= 4 is 0 Å². The van der Waals surface area contributed by atoms with Crippen molar-refractivity contribution in [3.8, 4) is 0 Å². The summed E-state index contributed by atoms with van der Waals surface area (Å²) in [5.74, 6) is 0. The molecule has 1 saturated carbocycles. The van der Waals surface area contributed by atoms with Gasteiger partial charge >= 0.3 is 0 Å². The third-order valence-corrected chi connectivity index (χ3v) is 3.28. The van der Waals surface area contributed by atoms with Crippen molar-refractivity contribution in [3.63, 3.8) is 0 Å². The Balaban J connectivity index is 1.72. The highest BCUT2D eigenvalue weighted by atomic mass is 16.5. The molecule has 3 nitrogen and oxygen atoms in total. The molecule has 1 aliphatic heterocycles. The summed E-state index contributed by atoms with van der Waals surface area (Å²) in [6.45, 7) is 9.28. The van der Waals surface area contributed by atoms with Gasteiger partial charge in [-0.3, -0.25) is 4.90 Å². The molecule has 0 aromatic heterocycles. The Morgan fingerprint density at radius 2 is 2.20 bits per heavy atom. The molecular formula is C12H23NO2. The molecule has 3 heteroatoms. The van der Waals surface area contributed by atoms with Gasteiger partial charge in [0.05, 0.1) is 19.4 Å². The van der Waals surface area contributed by atoms with E-state index in [1.165, 1.54) is 32.4 Å². The first-order valence-electron chi connectivity index (χ1n) is 6.12. The standard InChI is InChI=1S/C12H23NO2/c1-11(2)15-9-12(4-5-12)8-13-6-3-7-14-10-13/h11H,3-10H2,1-2H3. The second-order valence-electron chi connectivity index (χ2n) is 5.30. The monoisotopic (exact) mass is 213 g/mol. The van der Waals surface area contributed by atoms with Crippen LogP contribution in [0.3, 0.4) is 0 Å². The molecule has 0 aromatic carbocycles. The Kier molecular flexibility index (Phi) is 3.65. The molecule has 0 amide bonds. The summed E-state index contributed by atoms with van der Waals surface area (Å²) in [4.78, 5) is 2.43. The Morgan fingerprint density at radius 1 is 1.40 bits per heavy atom. The summed E-state index contributed by atoms with van der Waals surface area (Å²) < 4.78 is 11.2. The maximum atomic E-state index is 5.74. The minimum absolute atomic E-state index is 0.361. The van der Waals surface area contributed by atoms with Crippen molar-refractivity contribution in [2.24, 2.45) is 5.41 Å². The minimum Gasteiger partial charge on any atom is -0.378 e. The molecule has 1 aliphatic carbocycles. The summed E-state index contributed by atoms with van der Waals surface area (Å²) in [5.41, 5.74) is 0.463. The van der Waals surface area contributed by atoms with Crippen LogP contribution in [0.15, 0.2) is 0 Å². The van der Waals surface area contributed by atoms with Crippen molar-refractivity contribution in [2.45, 2.75) is 39.2 Å². The topological polar surface area (TPSA) is 21.7 Å². The molecule has 2 aliphatic rings. The van der Waals surface area contributed by atoms with Crippen LogP contribution in [-0.4, -0.2) is 44.0 Å². The van der Waals surface area contributed by atoms with Gasteiger partial charge in [-0.15, -0.1) is 0 Å². The molecule has 0 N–H and O–H groups in total. The normalized spacial score (nSPS) is 25.8. The van der Waals surface area contributed by atoms with Crippen LogP contribution >= 0.6 is 0 Å². The first kappa shape index (κ1) is 11.4. The lowest BCUT2D eigenvalue weighted by Gasteiger charge is -2.30. The Hall–Kier alpha value is -0.120. The van der Waals surface area contributed by atoms with E-state index >= 15 is 0 Å². The van der Waals surface area contributed by atoms with E-state index in [2.05, 4.69) is 18.7 Å². The van der Waals surface area contributed by atoms with E-state index in [1.54, 1.807) is 0 Å². The van der Waals surface area contributed by atoms with Gasteiger partial charge in [0.2, 0.25) is 0 Å². The Labute approximate surface area is 92.7 Å². The van der Waals surface area contributed by atoms with Gasteiger partial charge in [0.25, 0.3) is 0 Å². The second kappa shape index (κ2) is 4.81. The van der Waals surface area contributed by atoms with Crippen LogP contribution < -0.4 is 0 Å². The van der Waals surface area contributed by atoms with Gasteiger partial charge in [-0.25, -0.2) is 0 Å². The summed E-state index contributed by atoms with van der Waals surface area (Å²) in [6, 6.07) is 0. The van der Waals surface area contributed by atoms with Crippen LogP contribution in [0.25, 0.3) is 0 Å². The maximum absolute atomic E-state index is 5.74. The van der Waals surface area contributed by atoms with Crippen molar-refractivity contribution in [1.29, 1.82) is 0 Å². The van der Waals surface area contributed by atoms with E-state index < -0.39 is 0 Å².